The number of carbonyl (C=O) groups excluding carboxylic acids is 3. The number of ether oxygens (including phenoxy) is 1. The van der Waals surface area contributed by atoms with Gasteiger partial charge in [0.05, 0.1) is 17.9 Å². The summed E-state index contributed by atoms with van der Waals surface area (Å²) in [6, 6.07) is 14.0. The highest BCUT2D eigenvalue weighted by Crippen LogP contribution is 2.25. The fourth-order valence-corrected chi connectivity index (χ4v) is 4.79. The summed E-state index contributed by atoms with van der Waals surface area (Å²) in [4.78, 5) is 40.3. The van der Waals surface area contributed by atoms with Crippen LogP contribution in [0.4, 0.5) is 0 Å². The molecule has 0 spiro atoms. The van der Waals surface area contributed by atoms with Gasteiger partial charge >= 0.3 is 0 Å². The van der Waals surface area contributed by atoms with Crippen LogP contribution in [0, 0.1) is 0 Å². The zero-order valence-electron chi connectivity index (χ0n) is 19.1. The molecule has 0 heterocycles. The highest BCUT2D eigenvalue weighted by Gasteiger charge is 2.22. The molecule has 0 unspecified atom stereocenters. The molecule has 1 aliphatic rings. The van der Waals surface area contributed by atoms with E-state index >= 15 is 0 Å². The molecule has 176 valence electrons. The SMILES string of the molecule is CCOc1ccc(C(=O)NNC(=O)c2ccccc2SCC(=O)N(C)C2CCCCC2)cc1. The summed E-state index contributed by atoms with van der Waals surface area (Å²) in [6.07, 6.45) is 5.69. The first-order valence-electron chi connectivity index (χ1n) is 11.3. The molecule has 0 radical (unpaired) electrons. The van der Waals surface area contributed by atoms with Crippen molar-refractivity contribution >= 4 is 29.5 Å². The van der Waals surface area contributed by atoms with Gasteiger partial charge in [0.25, 0.3) is 11.8 Å². The van der Waals surface area contributed by atoms with Crippen molar-refractivity contribution < 1.29 is 19.1 Å². The quantitative estimate of drug-likeness (QED) is 0.450. The number of carbonyl (C=O) groups is 3. The third-order valence-electron chi connectivity index (χ3n) is 5.72. The van der Waals surface area contributed by atoms with Gasteiger partial charge in [-0.1, -0.05) is 31.4 Å². The molecule has 2 N–H and O–H groups in total. The zero-order valence-corrected chi connectivity index (χ0v) is 20.0. The van der Waals surface area contributed by atoms with E-state index in [1.165, 1.54) is 31.0 Å². The minimum Gasteiger partial charge on any atom is -0.494 e. The summed E-state index contributed by atoms with van der Waals surface area (Å²) < 4.78 is 5.37. The summed E-state index contributed by atoms with van der Waals surface area (Å²) in [5.41, 5.74) is 5.71. The van der Waals surface area contributed by atoms with E-state index in [-0.39, 0.29) is 11.7 Å². The van der Waals surface area contributed by atoms with Gasteiger partial charge in [0, 0.05) is 23.5 Å². The Morgan fingerprint density at radius 3 is 2.33 bits per heavy atom. The highest BCUT2D eigenvalue weighted by molar-refractivity contribution is 8.00. The second-order valence-corrected chi connectivity index (χ2v) is 8.96. The molecule has 7 nitrogen and oxygen atoms in total. The summed E-state index contributed by atoms with van der Waals surface area (Å²) in [5.74, 6) is 0.125. The standard InChI is InChI=1S/C25H31N3O4S/c1-3-32-20-15-13-18(14-16-20)24(30)26-27-25(31)21-11-7-8-12-22(21)33-17-23(29)28(2)19-9-5-4-6-10-19/h7-8,11-16,19H,3-6,9-10,17H2,1-2H3,(H,26,30)(H,27,31). The molecule has 1 aliphatic carbocycles. The average molecular weight is 470 g/mol. The van der Waals surface area contributed by atoms with Gasteiger partial charge in [0.2, 0.25) is 5.91 Å². The molecule has 8 heteroatoms. The molecule has 33 heavy (non-hydrogen) atoms. The number of hydrazine groups is 1. The molecule has 0 aliphatic heterocycles. The lowest BCUT2D eigenvalue weighted by Gasteiger charge is -2.31. The predicted molar refractivity (Wildman–Crippen MR) is 129 cm³/mol. The van der Waals surface area contributed by atoms with Crippen LogP contribution >= 0.6 is 11.8 Å². The van der Waals surface area contributed by atoms with Crippen molar-refractivity contribution in [3.63, 3.8) is 0 Å². The van der Waals surface area contributed by atoms with Gasteiger partial charge in [-0.05, 0) is 56.2 Å². The lowest BCUT2D eigenvalue weighted by Crippen LogP contribution is -2.41. The number of amides is 3. The largest absolute Gasteiger partial charge is 0.494 e. The Morgan fingerprint density at radius 2 is 1.64 bits per heavy atom. The molecule has 3 amide bonds. The molecule has 0 saturated heterocycles. The van der Waals surface area contributed by atoms with Crippen LogP contribution in [0.2, 0.25) is 0 Å². The first-order chi connectivity index (χ1) is 16.0. The van der Waals surface area contributed by atoms with Crippen molar-refractivity contribution in [2.45, 2.75) is 50.0 Å². The fourth-order valence-electron chi connectivity index (χ4n) is 3.82. The van der Waals surface area contributed by atoms with Crippen LogP contribution in [-0.4, -0.2) is 48.1 Å². The summed E-state index contributed by atoms with van der Waals surface area (Å²) in [6.45, 7) is 2.43. The molecule has 0 bridgehead atoms. The monoisotopic (exact) mass is 469 g/mol. The van der Waals surface area contributed by atoms with Gasteiger partial charge in [-0.25, -0.2) is 0 Å². The molecule has 1 saturated carbocycles. The van der Waals surface area contributed by atoms with Crippen LogP contribution in [0.3, 0.4) is 0 Å². The number of thioether (sulfide) groups is 1. The first kappa shape index (κ1) is 24.6. The van der Waals surface area contributed by atoms with Crippen molar-refractivity contribution in [1.82, 2.24) is 15.8 Å². The number of benzene rings is 2. The van der Waals surface area contributed by atoms with E-state index in [1.807, 2.05) is 31.0 Å². The Bertz CT molecular complexity index is 958. The number of nitrogens with one attached hydrogen (secondary N) is 2. The Balaban J connectivity index is 1.54. The van der Waals surface area contributed by atoms with Crippen LogP contribution in [0.1, 0.15) is 59.7 Å². The number of hydrogen-bond acceptors (Lipinski definition) is 5. The van der Waals surface area contributed by atoms with E-state index in [2.05, 4.69) is 10.9 Å². The van der Waals surface area contributed by atoms with Crippen LogP contribution in [-0.2, 0) is 4.79 Å². The van der Waals surface area contributed by atoms with E-state index in [4.69, 9.17) is 4.74 Å². The van der Waals surface area contributed by atoms with Crippen molar-refractivity contribution in [2.24, 2.45) is 0 Å². The third-order valence-corrected chi connectivity index (χ3v) is 6.77. The molecule has 0 aromatic heterocycles. The Morgan fingerprint density at radius 1 is 0.970 bits per heavy atom. The van der Waals surface area contributed by atoms with Gasteiger partial charge < -0.3 is 9.64 Å². The molecular formula is C25H31N3O4S. The van der Waals surface area contributed by atoms with E-state index in [0.29, 0.717) is 34.4 Å². The van der Waals surface area contributed by atoms with Crippen molar-refractivity contribution in [3.8, 4) is 5.75 Å². The van der Waals surface area contributed by atoms with Gasteiger partial charge in [-0.15, -0.1) is 11.8 Å². The van der Waals surface area contributed by atoms with Gasteiger partial charge in [0.1, 0.15) is 5.75 Å². The molecule has 3 rings (SSSR count). The van der Waals surface area contributed by atoms with Gasteiger partial charge in [-0.3, -0.25) is 25.2 Å². The van der Waals surface area contributed by atoms with Crippen LogP contribution in [0.15, 0.2) is 53.4 Å². The average Bonchev–Trinajstić information content (AvgIpc) is 2.86. The lowest BCUT2D eigenvalue weighted by atomic mass is 9.94. The van der Waals surface area contributed by atoms with Crippen molar-refractivity contribution in [3.05, 3.63) is 59.7 Å². The minimum atomic E-state index is -0.439. The second kappa shape index (κ2) is 12.3. The highest BCUT2D eigenvalue weighted by atomic mass is 32.2. The normalized spacial score (nSPS) is 13.8. The maximum absolute atomic E-state index is 12.7. The molecular weight excluding hydrogens is 438 g/mol. The zero-order chi connectivity index (χ0) is 23.6. The van der Waals surface area contributed by atoms with Crippen LogP contribution in [0.5, 0.6) is 5.75 Å². The van der Waals surface area contributed by atoms with Crippen LogP contribution in [0.25, 0.3) is 0 Å². The smallest absolute Gasteiger partial charge is 0.270 e. The van der Waals surface area contributed by atoms with Crippen molar-refractivity contribution in [1.29, 1.82) is 0 Å². The Kier molecular flexibility index (Phi) is 9.18. The lowest BCUT2D eigenvalue weighted by molar-refractivity contribution is -0.129. The molecule has 2 aromatic carbocycles. The summed E-state index contributed by atoms with van der Waals surface area (Å²) >= 11 is 1.33. The summed E-state index contributed by atoms with van der Waals surface area (Å²) in [7, 11) is 1.87. The maximum atomic E-state index is 12.7. The van der Waals surface area contributed by atoms with E-state index < -0.39 is 11.8 Å². The predicted octanol–water partition coefficient (Wildman–Crippen LogP) is 4.04. The van der Waals surface area contributed by atoms with E-state index in [9.17, 15) is 14.4 Å². The summed E-state index contributed by atoms with van der Waals surface area (Å²) in [5, 5.41) is 0. The molecule has 1 fully saturated rings. The third kappa shape index (κ3) is 6.99. The number of nitrogens with zero attached hydrogens (tertiary/aromatic N) is 1. The minimum absolute atomic E-state index is 0.0610. The van der Waals surface area contributed by atoms with Gasteiger partial charge in [0.15, 0.2) is 0 Å². The Hall–Kier alpha value is -3.00. The second-order valence-electron chi connectivity index (χ2n) is 7.95. The molecule has 0 atom stereocenters. The van der Waals surface area contributed by atoms with E-state index in [1.54, 1.807) is 36.4 Å². The maximum Gasteiger partial charge on any atom is 0.270 e. The van der Waals surface area contributed by atoms with E-state index in [0.717, 1.165) is 12.8 Å². The topological polar surface area (TPSA) is 87.7 Å². The Labute approximate surface area is 199 Å². The first-order valence-corrected chi connectivity index (χ1v) is 12.3. The number of hydrogen-bond donors (Lipinski definition) is 2. The molecule has 2 aromatic rings. The fraction of sp³-hybridized carbons (Fsp3) is 0.400. The van der Waals surface area contributed by atoms with Crippen LogP contribution < -0.4 is 15.6 Å². The number of rotatable bonds is 8. The van der Waals surface area contributed by atoms with Crippen molar-refractivity contribution in [2.75, 3.05) is 19.4 Å². The van der Waals surface area contributed by atoms with Gasteiger partial charge in [-0.2, -0.15) is 0 Å².